The molecule has 1 aromatic heterocycles. The molecule has 1 aliphatic rings. The largest absolute Gasteiger partial charge is 0.494 e. The van der Waals surface area contributed by atoms with Gasteiger partial charge in [-0.1, -0.05) is 12.1 Å². The SMILES string of the molecule is CCOc1cccc([C@@H]2C[C@@H]2Nc2cc(C)nc(C)n2)c1. The number of aromatic nitrogens is 2. The topological polar surface area (TPSA) is 47.0 Å². The lowest BCUT2D eigenvalue weighted by Crippen LogP contribution is -2.07. The summed E-state index contributed by atoms with van der Waals surface area (Å²) >= 11 is 0. The zero-order valence-electron chi connectivity index (χ0n) is 12.8. The van der Waals surface area contributed by atoms with Crippen LogP contribution in [0, 0.1) is 13.8 Å². The Hall–Kier alpha value is -2.10. The third kappa shape index (κ3) is 3.32. The second-order valence-corrected chi connectivity index (χ2v) is 5.54. The van der Waals surface area contributed by atoms with E-state index < -0.39 is 0 Å². The van der Waals surface area contributed by atoms with Crippen molar-refractivity contribution in [2.75, 3.05) is 11.9 Å². The van der Waals surface area contributed by atoms with Gasteiger partial charge in [0.15, 0.2) is 0 Å². The normalized spacial score (nSPS) is 20.1. The molecule has 1 fully saturated rings. The number of aryl methyl sites for hydroxylation is 2. The number of anilines is 1. The highest BCUT2D eigenvalue weighted by molar-refractivity contribution is 5.43. The summed E-state index contributed by atoms with van der Waals surface area (Å²) in [7, 11) is 0. The molecule has 3 rings (SSSR count). The number of hydrogen-bond donors (Lipinski definition) is 1. The van der Waals surface area contributed by atoms with Crippen LogP contribution >= 0.6 is 0 Å². The van der Waals surface area contributed by atoms with E-state index in [9.17, 15) is 0 Å². The van der Waals surface area contributed by atoms with Crippen molar-refractivity contribution in [3.63, 3.8) is 0 Å². The molecular weight excluding hydrogens is 262 g/mol. The van der Waals surface area contributed by atoms with Crippen molar-refractivity contribution in [3.8, 4) is 5.75 Å². The maximum absolute atomic E-state index is 5.57. The van der Waals surface area contributed by atoms with Gasteiger partial charge in [0.1, 0.15) is 17.4 Å². The first-order chi connectivity index (χ1) is 10.2. The van der Waals surface area contributed by atoms with Crippen molar-refractivity contribution in [1.82, 2.24) is 9.97 Å². The molecule has 1 heterocycles. The summed E-state index contributed by atoms with van der Waals surface area (Å²) in [6.45, 7) is 6.63. The molecule has 2 atom stereocenters. The van der Waals surface area contributed by atoms with E-state index in [1.54, 1.807) is 0 Å². The Morgan fingerprint density at radius 1 is 1.24 bits per heavy atom. The molecule has 0 saturated heterocycles. The fourth-order valence-corrected chi connectivity index (χ4v) is 2.71. The third-order valence-corrected chi connectivity index (χ3v) is 3.69. The van der Waals surface area contributed by atoms with Gasteiger partial charge in [-0.15, -0.1) is 0 Å². The molecule has 0 bridgehead atoms. The Bertz CT molecular complexity index is 621. The van der Waals surface area contributed by atoms with Crippen LogP contribution < -0.4 is 10.1 Å². The second kappa shape index (κ2) is 5.72. The van der Waals surface area contributed by atoms with Crippen LogP contribution in [0.15, 0.2) is 30.3 Å². The van der Waals surface area contributed by atoms with Gasteiger partial charge in [0.2, 0.25) is 0 Å². The van der Waals surface area contributed by atoms with Gasteiger partial charge in [0.25, 0.3) is 0 Å². The van der Waals surface area contributed by atoms with Crippen molar-refractivity contribution < 1.29 is 4.74 Å². The zero-order valence-corrected chi connectivity index (χ0v) is 12.8. The van der Waals surface area contributed by atoms with Crippen molar-refractivity contribution in [3.05, 3.63) is 47.4 Å². The number of hydrogen-bond acceptors (Lipinski definition) is 4. The van der Waals surface area contributed by atoms with Gasteiger partial charge in [-0.3, -0.25) is 0 Å². The number of rotatable bonds is 5. The van der Waals surface area contributed by atoms with Crippen molar-refractivity contribution >= 4 is 5.82 Å². The van der Waals surface area contributed by atoms with Crippen molar-refractivity contribution in [2.24, 2.45) is 0 Å². The minimum Gasteiger partial charge on any atom is -0.494 e. The second-order valence-electron chi connectivity index (χ2n) is 5.54. The standard InChI is InChI=1S/C17H21N3O/c1-4-21-14-7-5-6-13(9-14)15-10-16(15)20-17-8-11(2)18-12(3)19-17/h5-9,15-16H,4,10H2,1-3H3,(H,18,19,20)/t15-,16-/m0/s1. The van der Waals surface area contributed by atoms with Gasteiger partial charge in [-0.05, 0) is 44.9 Å². The van der Waals surface area contributed by atoms with Crippen LogP contribution in [-0.4, -0.2) is 22.6 Å². The van der Waals surface area contributed by atoms with Gasteiger partial charge in [-0.25, -0.2) is 9.97 Å². The predicted octanol–water partition coefficient (Wildman–Crippen LogP) is 3.46. The van der Waals surface area contributed by atoms with Gasteiger partial charge in [0.05, 0.1) is 6.61 Å². The number of nitrogens with zero attached hydrogens (tertiary/aromatic N) is 2. The number of ether oxygens (including phenoxy) is 1. The number of benzene rings is 1. The van der Waals surface area contributed by atoms with E-state index in [1.807, 2.05) is 32.9 Å². The molecule has 0 spiro atoms. The highest BCUT2D eigenvalue weighted by atomic mass is 16.5. The minimum atomic E-state index is 0.454. The molecule has 110 valence electrons. The van der Waals surface area contributed by atoms with Crippen molar-refractivity contribution in [2.45, 2.75) is 39.2 Å². The molecule has 0 amide bonds. The molecule has 1 saturated carbocycles. The van der Waals surface area contributed by atoms with E-state index in [1.165, 1.54) is 5.56 Å². The zero-order chi connectivity index (χ0) is 14.8. The van der Waals surface area contributed by atoms with Gasteiger partial charge in [0, 0.05) is 23.7 Å². The molecule has 1 aromatic carbocycles. The predicted molar refractivity (Wildman–Crippen MR) is 83.9 cm³/mol. The Morgan fingerprint density at radius 3 is 2.86 bits per heavy atom. The van der Waals surface area contributed by atoms with E-state index in [4.69, 9.17) is 4.74 Å². The summed E-state index contributed by atoms with van der Waals surface area (Å²) < 4.78 is 5.57. The van der Waals surface area contributed by atoms with Crippen molar-refractivity contribution in [1.29, 1.82) is 0 Å². The average molecular weight is 283 g/mol. The highest BCUT2D eigenvalue weighted by Gasteiger charge is 2.38. The summed E-state index contributed by atoms with van der Waals surface area (Å²) in [6.07, 6.45) is 1.14. The summed E-state index contributed by atoms with van der Waals surface area (Å²) in [5.74, 6) is 3.23. The first-order valence-corrected chi connectivity index (χ1v) is 7.47. The first kappa shape index (κ1) is 13.9. The van der Waals surface area contributed by atoms with Crippen LogP contribution in [0.2, 0.25) is 0 Å². The van der Waals surface area contributed by atoms with E-state index in [2.05, 4.69) is 33.5 Å². The molecular formula is C17H21N3O. The highest BCUT2D eigenvalue weighted by Crippen LogP contribution is 2.43. The smallest absolute Gasteiger partial charge is 0.130 e. The van der Waals surface area contributed by atoms with Gasteiger partial charge >= 0.3 is 0 Å². The Morgan fingerprint density at radius 2 is 2.10 bits per heavy atom. The maximum atomic E-state index is 5.57. The van der Waals surface area contributed by atoms with E-state index in [0.29, 0.717) is 18.6 Å². The lowest BCUT2D eigenvalue weighted by Gasteiger charge is -2.08. The minimum absolute atomic E-state index is 0.454. The Balaban J connectivity index is 1.67. The van der Waals surface area contributed by atoms with Crippen LogP contribution in [0.1, 0.15) is 36.3 Å². The monoisotopic (exact) mass is 283 g/mol. The van der Waals surface area contributed by atoms with Gasteiger partial charge < -0.3 is 10.1 Å². The Kier molecular flexibility index (Phi) is 3.78. The molecule has 1 N–H and O–H groups in total. The third-order valence-electron chi connectivity index (χ3n) is 3.69. The summed E-state index contributed by atoms with van der Waals surface area (Å²) in [5, 5.41) is 3.51. The fraction of sp³-hybridized carbons (Fsp3) is 0.412. The molecule has 4 heteroatoms. The van der Waals surface area contributed by atoms with E-state index in [-0.39, 0.29) is 0 Å². The van der Waals surface area contributed by atoms with Crippen LogP contribution in [0.5, 0.6) is 5.75 Å². The molecule has 4 nitrogen and oxygen atoms in total. The molecule has 21 heavy (non-hydrogen) atoms. The summed E-state index contributed by atoms with van der Waals surface area (Å²) in [4.78, 5) is 8.75. The molecule has 0 unspecified atom stereocenters. The van der Waals surface area contributed by atoms with Crippen LogP contribution in [0.4, 0.5) is 5.82 Å². The summed E-state index contributed by atoms with van der Waals surface area (Å²) in [6, 6.07) is 10.8. The van der Waals surface area contributed by atoms with E-state index >= 15 is 0 Å². The first-order valence-electron chi connectivity index (χ1n) is 7.47. The summed E-state index contributed by atoms with van der Waals surface area (Å²) in [5.41, 5.74) is 2.33. The lowest BCUT2D eigenvalue weighted by atomic mass is 10.1. The molecule has 1 aliphatic carbocycles. The van der Waals surface area contributed by atoms with Gasteiger partial charge in [-0.2, -0.15) is 0 Å². The molecule has 0 aliphatic heterocycles. The van der Waals surface area contributed by atoms with Crippen LogP contribution in [-0.2, 0) is 0 Å². The quantitative estimate of drug-likeness (QED) is 0.913. The fourth-order valence-electron chi connectivity index (χ4n) is 2.71. The number of nitrogens with one attached hydrogen (secondary N) is 1. The average Bonchev–Trinajstić information content (AvgIpc) is 3.17. The lowest BCUT2D eigenvalue weighted by molar-refractivity contribution is 0.340. The Labute approximate surface area is 125 Å². The molecule has 0 radical (unpaired) electrons. The maximum Gasteiger partial charge on any atom is 0.130 e. The van der Waals surface area contributed by atoms with Crippen LogP contribution in [0.25, 0.3) is 0 Å². The molecule has 2 aromatic rings. The van der Waals surface area contributed by atoms with E-state index in [0.717, 1.165) is 29.5 Å². The van der Waals surface area contributed by atoms with Crippen LogP contribution in [0.3, 0.4) is 0 Å².